The van der Waals surface area contributed by atoms with E-state index in [1.165, 1.54) is 19.3 Å². The molecule has 3 aliphatic rings. The lowest BCUT2D eigenvalue weighted by atomic mass is 9.78. The molecule has 24 heavy (non-hydrogen) atoms. The summed E-state index contributed by atoms with van der Waals surface area (Å²) in [4.78, 5) is 14.1. The van der Waals surface area contributed by atoms with Crippen LogP contribution in [-0.2, 0) is 11.3 Å². The van der Waals surface area contributed by atoms with E-state index >= 15 is 0 Å². The summed E-state index contributed by atoms with van der Waals surface area (Å²) in [5.41, 5.74) is 3.98. The number of nitrogens with zero attached hydrogens (tertiary/aromatic N) is 1. The van der Waals surface area contributed by atoms with Crippen LogP contribution in [0.5, 0.6) is 0 Å². The van der Waals surface area contributed by atoms with Gasteiger partial charge in [0.1, 0.15) is 6.61 Å². The zero-order valence-corrected chi connectivity index (χ0v) is 14.3. The zero-order valence-electron chi connectivity index (χ0n) is 14.3. The summed E-state index contributed by atoms with van der Waals surface area (Å²) in [6.07, 6.45) is 3.23. The van der Waals surface area contributed by atoms with Gasteiger partial charge in [0.25, 0.3) is 0 Å². The molecule has 0 bridgehead atoms. The number of fused-ring (bicyclic) bond motifs is 1. The van der Waals surface area contributed by atoms with Crippen LogP contribution in [0, 0.1) is 12.3 Å². The van der Waals surface area contributed by atoms with Gasteiger partial charge >= 0.3 is 5.97 Å². The lowest BCUT2D eigenvalue weighted by Gasteiger charge is -2.34. The molecule has 2 saturated heterocycles. The number of carbonyl (C=O) groups is 1. The van der Waals surface area contributed by atoms with E-state index in [2.05, 4.69) is 10.2 Å². The van der Waals surface area contributed by atoms with E-state index in [0.29, 0.717) is 24.1 Å². The quantitative estimate of drug-likeness (QED) is 0.827. The number of β-amino-alcohol motifs (C(OH)–C–C–N with tert-alkyl or cyclic N) is 1. The average Bonchev–Trinajstić information content (AvgIpc) is 3.13. The van der Waals surface area contributed by atoms with Gasteiger partial charge in [0, 0.05) is 18.7 Å². The molecule has 5 nitrogen and oxygen atoms in total. The highest BCUT2D eigenvalue weighted by Gasteiger charge is 2.39. The monoisotopic (exact) mass is 330 g/mol. The SMILES string of the molecule is Cc1c([C@@H](O)CN2CCC3(CCNCC3)C2)ccc2c1COC2=O. The third-order valence-corrected chi connectivity index (χ3v) is 6.18. The van der Waals surface area contributed by atoms with Crippen LogP contribution in [0.2, 0.25) is 0 Å². The molecule has 1 aromatic rings. The predicted octanol–water partition coefficient (Wildman–Crippen LogP) is 1.77. The number of nitrogens with one attached hydrogen (secondary N) is 1. The van der Waals surface area contributed by atoms with Crippen molar-refractivity contribution in [3.63, 3.8) is 0 Å². The standard InChI is InChI=1S/C19H26N2O3/c1-13-14(2-3-15-16(13)11-24-18(15)23)17(22)10-21-9-6-19(12-21)4-7-20-8-5-19/h2-3,17,20,22H,4-12H2,1H3/t17-/m0/s1. The second-order valence-electron chi connectivity index (χ2n) is 7.63. The minimum atomic E-state index is -0.511. The molecule has 2 N–H and O–H groups in total. The normalized spacial score (nSPS) is 24.2. The first-order valence-electron chi connectivity index (χ1n) is 8.99. The van der Waals surface area contributed by atoms with Gasteiger partial charge in [0.15, 0.2) is 0 Å². The third-order valence-electron chi connectivity index (χ3n) is 6.18. The fourth-order valence-corrected chi connectivity index (χ4v) is 4.62. The Morgan fingerprint density at radius 2 is 2.12 bits per heavy atom. The van der Waals surface area contributed by atoms with Crippen molar-refractivity contribution in [2.24, 2.45) is 5.41 Å². The van der Waals surface area contributed by atoms with E-state index in [0.717, 1.165) is 42.9 Å². The summed E-state index contributed by atoms with van der Waals surface area (Å²) in [6, 6.07) is 3.69. The third kappa shape index (κ3) is 2.75. The van der Waals surface area contributed by atoms with Gasteiger partial charge in [-0.1, -0.05) is 6.07 Å². The number of hydrogen-bond acceptors (Lipinski definition) is 5. The first kappa shape index (κ1) is 16.1. The Morgan fingerprint density at radius 1 is 1.33 bits per heavy atom. The van der Waals surface area contributed by atoms with Crippen LogP contribution in [-0.4, -0.2) is 48.7 Å². The Labute approximate surface area is 143 Å². The van der Waals surface area contributed by atoms with Gasteiger partial charge in [-0.25, -0.2) is 4.79 Å². The summed E-state index contributed by atoms with van der Waals surface area (Å²) in [5, 5.41) is 14.2. The first-order chi connectivity index (χ1) is 11.6. The summed E-state index contributed by atoms with van der Waals surface area (Å²) in [5.74, 6) is -0.249. The largest absolute Gasteiger partial charge is 0.457 e. The molecule has 0 saturated carbocycles. The molecule has 130 valence electrons. The first-order valence-corrected chi connectivity index (χ1v) is 8.99. The Morgan fingerprint density at radius 3 is 2.92 bits per heavy atom. The number of aliphatic hydroxyl groups excluding tert-OH is 1. The number of aliphatic hydroxyl groups is 1. The number of rotatable bonds is 3. The van der Waals surface area contributed by atoms with Gasteiger partial charge in [-0.3, -0.25) is 4.90 Å². The average molecular weight is 330 g/mol. The Balaban J connectivity index is 1.46. The van der Waals surface area contributed by atoms with Crippen molar-refractivity contribution in [3.8, 4) is 0 Å². The fraction of sp³-hybridized carbons (Fsp3) is 0.632. The molecule has 0 aliphatic carbocycles. The van der Waals surface area contributed by atoms with Crippen LogP contribution in [0.15, 0.2) is 12.1 Å². The van der Waals surface area contributed by atoms with E-state index in [-0.39, 0.29) is 5.97 Å². The second-order valence-corrected chi connectivity index (χ2v) is 7.63. The maximum Gasteiger partial charge on any atom is 0.338 e. The van der Waals surface area contributed by atoms with Gasteiger partial charge in [0.2, 0.25) is 0 Å². The van der Waals surface area contributed by atoms with Crippen molar-refractivity contribution >= 4 is 5.97 Å². The number of benzene rings is 1. The number of piperidine rings is 1. The summed E-state index contributed by atoms with van der Waals surface area (Å²) < 4.78 is 5.11. The van der Waals surface area contributed by atoms with Crippen molar-refractivity contribution in [1.29, 1.82) is 0 Å². The molecule has 1 aromatic carbocycles. The molecule has 2 fully saturated rings. The number of cyclic esters (lactones) is 1. The highest BCUT2D eigenvalue weighted by Crippen LogP contribution is 2.39. The smallest absolute Gasteiger partial charge is 0.338 e. The highest BCUT2D eigenvalue weighted by molar-refractivity contribution is 5.93. The molecule has 0 amide bonds. The van der Waals surface area contributed by atoms with Crippen LogP contribution < -0.4 is 5.32 Å². The number of likely N-dealkylation sites (tertiary alicyclic amines) is 1. The molecule has 0 radical (unpaired) electrons. The van der Waals surface area contributed by atoms with Gasteiger partial charge in [0.05, 0.1) is 11.7 Å². The second kappa shape index (κ2) is 6.14. The van der Waals surface area contributed by atoms with E-state index in [1.54, 1.807) is 6.07 Å². The minimum Gasteiger partial charge on any atom is -0.457 e. The molecule has 1 atom stereocenters. The van der Waals surface area contributed by atoms with E-state index in [4.69, 9.17) is 4.74 Å². The van der Waals surface area contributed by atoms with Crippen molar-refractivity contribution in [3.05, 3.63) is 34.4 Å². The highest BCUT2D eigenvalue weighted by atomic mass is 16.5. The van der Waals surface area contributed by atoms with Crippen molar-refractivity contribution in [1.82, 2.24) is 10.2 Å². The van der Waals surface area contributed by atoms with Gasteiger partial charge in [-0.2, -0.15) is 0 Å². The summed E-state index contributed by atoms with van der Waals surface area (Å²) in [6.45, 7) is 7.39. The molecular weight excluding hydrogens is 304 g/mol. The Bertz CT molecular complexity index is 652. The van der Waals surface area contributed by atoms with E-state index in [9.17, 15) is 9.90 Å². The predicted molar refractivity (Wildman–Crippen MR) is 90.9 cm³/mol. The van der Waals surface area contributed by atoms with Gasteiger partial charge in [-0.05, 0) is 68.4 Å². The molecular formula is C19H26N2O3. The summed E-state index contributed by atoms with van der Waals surface area (Å²) in [7, 11) is 0. The van der Waals surface area contributed by atoms with Crippen LogP contribution in [0.25, 0.3) is 0 Å². The lowest BCUT2D eigenvalue weighted by molar-refractivity contribution is 0.0535. The van der Waals surface area contributed by atoms with E-state index < -0.39 is 6.10 Å². The maximum absolute atomic E-state index is 11.7. The number of esters is 1. The number of carbonyl (C=O) groups excluding carboxylic acids is 1. The molecule has 1 spiro atoms. The molecule has 0 aromatic heterocycles. The Hall–Kier alpha value is -1.43. The van der Waals surface area contributed by atoms with Gasteiger partial charge in [-0.15, -0.1) is 0 Å². The molecule has 0 unspecified atom stereocenters. The Kier molecular flexibility index (Phi) is 4.11. The molecule has 4 rings (SSSR count). The van der Waals surface area contributed by atoms with Crippen LogP contribution in [0.4, 0.5) is 0 Å². The van der Waals surface area contributed by atoms with E-state index in [1.807, 2.05) is 13.0 Å². The zero-order chi connectivity index (χ0) is 16.7. The lowest BCUT2D eigenvalue weighted by Crippen LogP contribution is -2.39. The van der Waals surface area contributed by atoms with Crippen molar-refractivity contribution < 1.29 is 14.6 Å². The molecule has 5 heteroatoms. The number of ether oxygens (including phenoxy) is 1. The minimum absolute atomic E-state index is 0.249. The topological polar surface area (TPSA) is 61.8 Å². The fourth-order valence-electron chi connectivity index (χ4n) is 4.62. The van der Waals surface area contributed by atoms with Crippen molar-refractivity contribution in [2.45, 2.75) is 38.9 Å². The molecule has 3 aliphatic heterocycles. The number of hydrogen-bond donors (Lipinski definition) is 2. The summed E-state index contributed by atoms with van der Waals surface area (Å²) >= 11 is 0. The van der Waals surface area contributed by atoms with Gasteiger partial charge < -0.3 is 15.2 Å². The maximum atomic E-state index is 11.7. The van der Waals surface area contributed by atoms with Crippen LogP contribution in [0.3, 0.4) is 0 Å². The van der Waals surface area contributed by atoms with Crippen LogP contribution >= 0.6 is 0 Å². The molecule has 3 heterocycles. The van der Waals surface area contributed by atoms with Crippen LogP contribution in [0.1, 0.15) is 52.4 Å². The van der Waals surface area contributed by atoms with Crippen molar-refractivity contribution in [2.75, 3.05) is 32.7 Å².